The number of likely N-dealkylation sites (N-methyl/N-ethyl adjacent to an activating group) is 1. The number of rotatable bonds is 6. The summed E-state index contributed by atoms with van der Waals surface area (Å²) in [5.41, 5.74) is 9.67. The second-order valence-corrected chi connectivity index (χ2v) is 3.33. The molecule has 0 bridgehead atoms. The summed E-state index contributed by atoms with van der Waals surface area (Å²) in [5, 5.41) is 10.7. The van der Waals surface area contributed by atoms with E-state index in [1.807, 2.05) is 5.32 Å². The Bertz CT molecular complexity index is 343. The fourth-order valence-corrected chi connectivity index (χ4v) is 0.966. The highest BCUT2D eigenvalue weighted by molar-refractivity contribution is 5.88. The molecule has 0 spiro atoms. The van der Waals surface area contributed by atoms with Crippen molar-refractivity contribution >= 4 is 23.8 Å². The Morgan fingerprint density at radius 1 is 1.24 bits per heavy atom. The van der Waals surface area contributed by atoms with E-state index in [1.54, 1.807) is 0 Å². The van der Waals surface area contributed by atoms with Crippen LogP contribution in [0.15, 0.2) is 0 Å². The van der Waals surface area contributed by atoms with Gasteiger partial charge in [-0.3, -0.25) is 9.59 Å². The number of carboxylic acids is 1. The maximum absolute atomic E-state index is 11.4. The summed E-state index contributed by atoms with van der Waals surface area (Å²) >= 11 is 0. The Morgan fingerprint density at radius 3 is 2.12 bits per heavy atom. The number of aliphatic carboxylic acids is 1. The van der Waals surface area contributed by atoms with Crippen LogP contribution in [0.2, 0.25) is 0 Å². The zero-order valence-electron chi connectivity index (χ0n) is 9.17. The van der Waals surface area contributed by atoms with Gasteiger partial charge < -0.3 is 26.8 Å². The van der Waals surface area contributed by atoms with Crippen molar-refractivity contribution in [2.45, 2.75) is 12.5 Å². The quantitative estimate of drug-likeness (QED) is 0.405. The van der Waals surface area contributed by atoms with E-state index >= 15 is 0 Å². The minimum Gasteiger partial charge on any atom is -0.480 e. The van der Waals surface area contributed by atoms with E-state index in [9.17, 15) is 19.2 Å². The van der Waals surface area contributed by atoms with Gasteiger partial charge in [-0.1, -0.05) is 0 Å². The van der Waals surface area contributed by atoms with Gasteiger partial charge in [-0.2, -0.15) is 0 Å². The molecule has 0 saturated carbocycles. The second kappa shape index (κ2) is 6.30. The predicted octanol–water partition coefficient (Wildman–Crippen LogP) is -2.56. The highest BCUT2D eigenvalue weighted by Crippen LogP contribution is 1.94. The molecule has 0 aromatic carbocycles. The second-order valence-electron chi connectivity index (χ2n) is 3.33. The molecule has 17 heavy (non-hydrogen) atoms. The Morgan fingerprint density at radius 2 is 1.76 bits per heavy atom. The number of hydrogen-bond donors (Lipinski definition) is 4. The molecule has 1 atom stereocenters. The number of nitrogens with zero attached hydrogens (tertiary/aromatic N) is 1. The van der Waals surface area contributed by atoms with E-state index in [0.717, 1.165) is 4.90 Å². The average Bonchev–Trinajstić information content (AvgIpc) is 2.14. The SMILES string of the molecule is CN(CC(N)=O)C(=O)N[C@H](CC(N)=O)C(=O)O. The molecule has 0 aromatic rings. The molecule has 0 rings (SSSR count). The van der Waals surface area contributed by atoms with Gasteiger partial charge in [0.05, 0.1) is 6.42 Å². The molecule has 0 heterocycles. The van der Waals surface area contributed by atoms with Gasteiger partial charge >= 0.3 is 12.0 Å². The molecule has 0 fully saturated rings. The fourth-order valence-electron chi connectivity index (χ4n) is 0.966. The van der Waals surface area contributed by atoms with Gasteiger partial charge in [-0.25, -0.2) is 9.59 Å². The lowest BCUT2D eigenvalue weighted by atomic mass is 10.2. The lowest BCUT2D eigenvalue weighted by Crippen LogP contribution is -2.49. The largest absolute Gasteiger partial charge is 0.480 e. The molecule has 0 aliphatic heterocycles. The Kier molecular flexibility index (Phi) is 5.44. The van der Waals surface area contributed by atoms with Gasteiger partial charge in [-0.15, -0.1) is 0 Å². The molecular weight excluding hydrogens is 232 g/mol. The zero-order valence-corrected chi connectivity index (χ0v) is 9.17. The molecule has 96 valence electrons. The van der Waals surface area contributed by atoms with E-state index in [1.165, 1.54) is 7.05 Å². The molecule has 0 saturated heterocycles. The third kappa shape index (κ3) is 5.97. The van der Waals surface area contributed by atoms with Crippen LogP contribution in [-0.4, -0.2) is 53.5 Å². The molecule has 0 unspecified atom stereocenters. The van der Waals surface area contributed by atoms with Crippen LogP contribution >= 0.6 is 0 Å². The molecule has 0 aliphatic rings. The number of nitrogens with one attached hydrogen (secondary N) is 1. The predicted molar refractivity (Wildman–Crippen MR) is 55.6 cm³/mol. The van der Waals surface area contributed by atoms with Gasteiger partial charge in [0.25, 0.3) is 0 Å². The van der Waals surface area contributed by atoms with Gasteiger partial charge in [0.1, 0.15) is 12.6 Å². The molecule has 9 nitrogen and oxygen atoms in total. The number of carbonyl (C=O) groups excluding carboxylic acids is 3. The van der Waals surface area contributed by atoms with E-state index < -0.39 is 36.3 Å². The monoisotopic (exact) mass is 246 g/mol. The summed E-state index contributed by atoms with van der Waals surface area (Å²) < 4.78 is 0. The zero-order chi connectivity index (χ0) is 13.6. The van der Waals surface area contributed by atoms with E-state index in [0.29, 0.717) is 0 Å². The molecule has 0 radical (unpaired) electrons. The first kappa shape index (κ1) is 14.7. The van der Waals surface area contributed by atoms with Crippen molar-refractivity contribution in [3.63, 3.8) is 0 Å². The average molecular weight is 246 g/mol. The minimum atomic E-state index is -1.43. The molecular formula is C8H14N4O5. The number of nitrogens with two attached hydrogens (primary N) is 2. The summed E-state index contributed by atoms with van der Waals surface area (Å²) in [5.74, 6) is -3.01. The van der Waals surface area contributed by atoms with Crippen molar-refractivity contribution < 1.29 is 24.3 Å². The summed E-state index contributed by atoms with van der Waals surface area (Å²) in [4.78, 5) is 44.0. The molecule has 0 aromatic heterocycles. The van der Waals surface area contributed by atoms with E-state index in [4.69, 9.17) is 16.6 Å². The first-order valence-electron chi connectivity index (χ1n) is 4.55. The van der Waals surface area contributed by atoms with Crippen LogP contribution in [0.5, 0.6) is 0 Å². The van der Waals surface area contributed by atoms with Crippen LogP contribution < -0.4 is 16.8 Å². The van der Waals surface area contributed by atoms with Crippen molar-refractivity contribution in [2.24, 2.45) is 11.5 Å². The number of carbonyl (C=O) groups is 4. The number of urea groups is 1. The number of carboxylic acid groups (broad SMARTS) is 1. The number of primary amides is 2. The van der Waals surface area contributed by atoms with Crippen molar-refractivity contribution in [1.29, 1.82) is 0 Å². The number of amides is 4. The van der Waals surface area contributed by atoms with Crippen LogP contribution in [-0.2, 0) is 14.4 Å². The van der Waals surface area contributed by atoms with Gasteiger partial charge in [-0.05, 0) is 0 Å². The normalized spacial score (nSPS) is 11.4. The smallest absolute Gasteiger partial charge is 0.326 e. The van der Waals surface area contributed by atoms with Crippen molar-refractivity contribution in [2.75, 3.05) is 13.6 Å². The molecule has 6 N–H and O–H groups in total. The highest BCUT2D eigenvalue weighted by Gasteiger charge is 2.23. The van der Waals surface area contributed by atoms with E-state index in [-0.39, 0.29) is 6.54 Å². The van der Waals surface area contributed by atoms with Gasteiger partial charge in [0.15, 0.2) is 0 Å². The standard InChI is InChI=1S/C8H14N4O5/c1-12(3-6(10)14)8(17)11-4(7(15)16)2-5(9)13/h4H,2-3H2,1H3,(H2,9,13)(H2,10,14)(H,11,17)(H,15,16)/t4-/m1/s1. The third-order valence-electron chi connectivity index (χ3n) is 1.74. The topological polar surface area (TPSA) is 156 Å². The summed E-state index contributed by atoms with van der Waals surface area (Å²) in [6, 6.07) is -2.27. The van der Waals surface area contributed by atoms with Crippen LogP contribution in [0.1, 0.15) is 6.42 Å². The summed E-state index contributed by atoms with van der Waals surface area (Å²) in [6.07, 6.45) is -0.536. The Balaban J connectivity index is 4.44. The first-order chi connectivity index (χ1) is 7.73. The maximum Gasteiger partial charge on any atom is 0.326 e. The molecule has 9 heteroatoms. The molecule has 0 aliphatic carbocycles. The molecule has 4 amide bonds. The van der Waals surface area contributed by atoms with Crippen molar-refractivity contribution in [3.8, 4) is 0 Å². The summed E-state index contributed by atoms with van der Waals surface area (Å²) in [6.45, 7) is -0.366. The van der Waals surface area contributed by atoms with E-state index in [2.05, 4.69) is 0 Å². The lowest BCUT2D eigenvalue weighted by Gasteiger charge is -2.19. The lowest BCUT2D eigenvalue weighted by molar-refractivity contribution is -0.140. The van der Waals surface area contributed by atoms with Crippen LogP contribution in [0, 0.1) is 0 Å². The Labute approximate surface area is 96.7 Å². The minimum absolute atomic E-state index is 0.366. The van der Waals surface area contributed by atoms with Crippen LogP contribution in [0.25, 0.3) is 0 Å². The maximum atomic E-state index is 11.4. The summed E-state index contributed by atoms with van der Waals surface area (Å²) in [7, 11) is 1.25. The van der Waals surface area contributed by atoms with Gasteiger partial charge in [0, 0.05) is 7.05 Å². The fraction of sp³-hybridized carbons (Fsp3) is 0.500. The third-order valence-corrected chi connectivity index (χ3v) is 1.74. The van der Waals surface area contributed by atoms with Crippen LogP contribution in [0.4, 0.5) is 4.79 Å². The highest BCUT2D eigenvalue weighted by atomic mass is 16.4. The van der Waals surface area contributed by atoms with Gasteiger partial charge in [0.2, 0.25) is 11.8 Å². The van der Waals surface area contributed by atoms with Crippen molar-refractivity contribution in [1.82, 2.24) is 10.2 Å². The number of hydrogen-bond acceptors (Lipinski definition) is 4. The Hall–Kier alpha value is -2.32. The van der Waals surface area contributed by atoms with Crippen LogP contribution in [0.3, 0.4) is 0 Å². The van der Waals surface area contributed by atoms with Crippen molar-refractivity contribution in [3.05, 3.63) is 0 Å². The first-order valence-corrected chi connectivity index (χ1v) is 4.55.